The van der Waals surface area contributed by atoms with E-state index in [4.69, 9.17) is 4.74 Å². The summed E-state index contributed by atoms with van der Waals surface area (Å²) in [6.07, 6.45) is 0. The van der Waals surface area contributed by atoms with Gasteiger partial charge < -0.3 is 19.7 Å². The van der Waals surface area contributed by atoms with Gasteiger partial charge in [0.2, 0.25) is 5.91 Å². The van der Waals surface area contributed by atoms with Gasteiger partial charge in [0, 0.05) is 18.3 Å². The summed E-state index contributed by atoms with van der Waals surface area (Å²) in [5.41, 5.74) is 0.517. The van der Waals surface area contributed by atoms with Gasteiger partial charge in [0.05, 0.1) is 13.7 Å². The molecule has 0 saturated carbocycles. The quantitative estimate of drug-likeness (QED) is 0.799. The monoisotopic (exact) mass is 382 g/mol. The van der Waals surface area contributed by atoms with Gasteiger partial charge in [0.1, 0.15) is 5.82 Å². The Labute approximate surface area is 153 Å². The second-order valence-electron chi connectivity index (χ2n) is 5.46. The first-order valence-electron chi connectivity index (χ1n) is 7.74. The zero-order valence-electron chi connectivity index (χ0n) is 14.5. The van der Waals surface area contributed by atoms with Gasteiger partial charge in [-0.2, -0.15) is 8.78 Å². The van der Waals surface area contributed by atoms with Gasteiger partial charge >= 0.3 is 6.61 Å². The molecule has 0 aliphatic heterocycles. The number of hydrogen-bond acceptors (Lipinski definition) is 4. The van der Waals surface area contributed by atoms with Crippen LogP contribution in [0.5, 0.6) is 11.5 Å². The van der Waals surface area contributed by atoms with Gasteiger partial charge in [-0.3, -0.25) is 9.59 Å². The zero-order chi connectivity index (χ0) is 20.0. The second kappa shape index (κ2) is 8.93. The summed E-state index contributed by atoms with van der Waals surface area (Å²) in [6, 6.07) is 8.89. The van der Waals surface area contributed by atoms with Crippen molar-refractivity contribution in [3.05, 3.63) is 53.8 Å². The molecule has 9 heteroatoms. The fourth-order valence-electron chi connectivity index (χ4n) is 2.24. The van der Waals surface area contributed by atoms with E-state index in [1.807, 2.05) is 0 Å². The average molecular weight is 382 g/mol. The van der Waals surface area contributed by atoms with Gasteiger partial charge in [-0.15, -0.1) is 0 Å². The van der Waals surface area contributed by atoms with E-state index in [1.165, 1.54) is 56.6 Å². The zero-order valence-corrected chi connectivity index (χ0v) is 14.5. The lowest BCUT2D eigenvalue weighted by Gasteiger charge is -2.18. The maximum atomic E-state index is 12.9. The summed E-state index contributed by atoms with van der Waals surface area (Å²) in [7, 11) is 2.66. The van der Waals surface area contributed by atoms with Crippen LogP contribution in [0.15, 0.2) is 42.5 Å². The molecule has 0 atom stereocenters. The van der Waals surface area contributed by atoms with E-state index < -0.39 is 24.2 Å². The Morgan fingerprint density at radius 3 is 2.37 bits per heavy atom. The summed E-state index contributed by atoms with van der Waals surface area (Å²) in [5, 5.41) is 2.53. The van der Waals surface area contributed by atoms with E-state index >= 15 is 0 Å². The number of hydrogen-bond donors (Lipinski definition) is 1. The molecule has 2 aromatic rings. The van der Waals surface area contributed by atoms with Crippen molar-refractivity contribution >= 4 is 17.5 Å². The Morgan fingerprint density at radius 1 is 1.11 bits per heavy atom. The number of anilines is 1. The molecule has 27 heavy (non-hydrogen) atoms. The molecule has 2 aromatic carbocycles. The second-order valence-corrected chi connectivity index (χ2v) is 5.46. The fourth-order valence-corrected chi connectivity index (χ4v) is 2.24. The molecule has 0 bridgehead atoms. The maximum Gasteiger partial charge on any atom is 0.387 e. The molecule has 0 saturated heterocycles. The van der Waals surface area contributed by atoms with Crippen LogP contribution in [0, 0.1) is 5.82 Å². The number of nitrogens with zero attached hydrogens (tertiary/aromatic N) is 1. The lowest BCUT2D eigenvalue weighted by atomic mass is 10.1. The van der Waals surface area contributed by atoms with E-state index in [1.54, 1.807) is 0 Å². The molecule has 0 unspecified atom stereocenters. The topological polar surface area (TPSA) is 67.9 Å². The maximum absolute atomic E-state index is 12.9. The van der Waals surface area contributed by atoms with Crippen molar-refractivity contribution in [2.75, 3.05) is 26.0 Å². The van der Waals surface area contributed by atoms with E-state index in [2.05, 4.69) is 10.1 Å². The minimum absolute atomic E-state index is 0.0367. The standard InChI is InChI=1S/C18H17F3N2O4/c1-23(10-16(24)22-13-6-4-12(19)5-7-13)17(25)11-3-8-14(27-18(20)21)15(9-11)26-2/h3-9,18H,10H2,1-2H3,(H,22,24). The average Bonchev–Trinajstić information content (AvgIpc) is 2.62. The lowest BCUT2D eigenvalue weighted by Crippen LogP contribution is -2.34. The lowest BCUT2D eigenvalue weighted by molar-refractivity contribution is -0.116. The molecule has 0 aromatic heterocycles. The van der Waals surface area contributed by atoms with Crippen molar-refractivity contribution in [1.82, 2.24) is 4.90 Å². The van der Waals surface area contributed by atoms with Gasteiger partial charge in [-0.1, -0.05) is 0 Å². The van der Waals surface area contributed by atoms with Crippen LogP contribution in [0.3, 0.4) is 0 Å². The van der Waals surface area contributed by atoms with Crippen molar-refractivity contribution < 1.29 is 32.2 Å². The van der Waals surface area contributed by atoms with Crippen molar-refractivity contribution in [3.8, 4) is 11.5 Å². The largest absolute Gasteiger partial charge is 0.493 e. The SMILES string of the molecule is COc1cc(C(=O)N(C)CC(=O)Nc2ccc(F)cc2)ccc1OC(F)F. The number of likely N-dealkylation sites (N-methyl/N-ethyl adjacent to an activating group) is 1. The molecule has 2 rings (SSSR count). The van der Waals surface area contributed by atoms with Crippen LogP contribution in [0.1, 0.15) is 10.4 Å². The molecular formula is C18H17F3N2O4. The van der Waals surface area contributed by atoms with Gasteiger partial charge in [0.15, 0.2) is 11.5 Å². The highest BCUT2D eigenvalue weighted by Gasteiger charge is 2.18. The Morgan fingerprint density at radius 2 is 1.78 bits per heavy atom. The third kappa shape index (κ3) is 5.63. The predicted octanol–water partition coefficient (Wildman–Crippen LogP) is 3.15. The molecular weight excluding hydrogens is 365 g/mol. The number of alkyl halides is 2. The summed E-state index contributed by atoms with van der Waals surface area (Å²) < 4.78 is 46.8. The highest BCUT2D eigenvalue weighted by atomic mass is 19.3. The molecule has 0 radical (unpaired) electrons. The van der Waals surface area contributed by atoms with Crippen molar-refractivity contribution in [3.63, 3.8) is 0 Å². The predicted molar refractivity (Wildman–Crippen MR) is 91.6 cm³/mol. The Kier molecular flexibility index (Phi) is 6.64. The van der Waals surface area contributed by atoms with Gasteiger partial charge in [-0.05, 0) is 42.5 Å². The van der Waals surface area contributed by atoms with Crippen LogP contribution in [0.4, 0.5) is 18.9 Å². The first-order chi connectivity index (χ1) is 12.8. The smallest absolute Gasteiger partial charge is 0.387 e. The van der Waals surface area contributed by atoms with Crippen LogP contribution in [0.2, 0.25) is 0 Å². The molecule has 0 aliphatic rings. The Hall–Kier alpha value is -3.23. The summed E-state index contributed by atoms with van der Waals surface area (Å²) in [6.45, 7) is -3.30. The molecule has 0 aliphatic carbocycles. The molecule has 6 nitrogen and oxygen atoms in total. The number of rotatable bonds is 7. The van der Waals surface area contributed by atoms with Crippen LogP contribution < -0.4 is 14.8 Å². The fraction of sp³-hybridized carbons (Fsp3) is 0.222. The molecule has 0 heterocycles. The number of amides is 2. The van der Waals surface area contributed by atoms with Crippen molar-refractivity contribution in [2.24, 2.45) is 0 Å². The van der Waals surface area contributed by atoms with E-state index in [9.17, 15) is 22.8 Å². The number of carbonyl (C=O) groups is 2. The van der Waals surface area contributed by atoms with Crippen molar-refractivity contribution in [2.45, 2.75) is 6.61 Å². The Bertz CT molecular complexity index is 813. The van der Waals surface area contributed by atoms with Gasteiger partial charge in [0.25, 0.3) is 5.91 Å². The molecule has 0 fully saturated rings. The third-order valence-corrected chi connectivity index (χ3v) is 3.48. The summed E-state index contributed by atoms with van der Waals surface area (Å²) in [4.78, 5) is 25.6. The summed E-state index contributed by atoms with van der Waals surface area (Å²) >= 11 is 0. The molecule has 2 amide bonds. The first-order valence-corrected chi connectivity index (χ1v) is 7.74. The number of methoxy groups -OCH3 is 1. The summed E-state index contributed by atoms with van der Waals surface area (Å²) in [5.74, 6) is -1.69. The Balaban J connectivity index is 2.03. The van der Waals surface area contributed by atoms with Crippen LogP contribution >= 0.6 is 0 Å². The van der Waals surface area contributed by atoms with E-state index in [-0.39, 0.29) is 23.6 Å². The number of halogens is 3. The first kappa shape index (κ1) is 20.1. The van der Waals surface area contributed by atoms with E-state index in [0.29, 0.717) is 5.69 Å². The van der Waals surface area contributed by atoms with E-state index in [0.717, 1.165) is 4.90 Å². The normalized spacial score (nSPS) is 10.4. The van der Waals surface area contributed by atoms with Gasteiger partial charge in [-0.25, -0.2) is 4.39 Å². The molecule has 1 N–H and O–H groups in total. The minimum atomic E-state index is -3.03. The third-order valence-electron chi connectivity index (χ3n) is 3.48. The molecule has 0 spiro atoms. The molecule has 144 valence electrons. The number of nitrogens with one attached hydrogen (secondary N) is 1. The number of ether oxygens (including phenoxy) is 2. The van der Waals surface area contributed by atoms with Crippen molar-refractivity contribution in [1.29, 1.82) is 0 Å². The number of benzene rings is 2. The van der Waals surface area contributed by atoms with Crippen LogP contribution in [0.25, 0.3) is 0 Å². The highest BCUT2D eigenvalue weighted by Crippen LogP contribution is 2.29. The van der Waals surface area contributed by atoms with Crippen LogP contribution in [-0.4, -0.2) is 44.0 Å². The van der Waals surface area contributed by atoms with Crippen LogP contribution in [-0.2, 0) is 4.79 Å². The number of carbonyl (C=O) groups excluding carboxylic acids is 2. The minimum Gasteiger partial charge on any atom is -0.493 e. The highest BCUT2D eigenvalue weighted by molar-refractivity contribution is 5.99.